The van der Waals surface area contributed by atoms with Gasteiger partial charge in [-0.15, -0.1) is 0 Å². The van der Waals surface area contributed by atoms with Crippen LogP contribution in [0.1, 0.15) is 30.2 Å². The molecular formula is C23H17FN2S. The van der Waals surface area contributed by atoms with Gasteiger partial charge in [-0.3, -0.25) is 0 Å². The highest BCUT2D eigenvalue weighted by Gasteiger charge is 2.02. The van der Waals surface area contributed by atoms with Gasteiger partial charge in [0.15, 0.2) is 5.82 Å². The summed E-state index contributed by atoms with van der Waals surface area (Å²) in [5.74, 6) is 5.16. The Morgan fingerprint density at radius 1 is 1.00 bits per heavy atom. The molecule has 0 N–H and O–H groups in total. The Hall–Kier alpha value is -3.12. The average Bonchev–Trinajstić information content (AvgIpc) is 2.69. The van der Waals surface area contributed by atoms with Crippen LogP contribution in [0, 0.1) is 17.7 Å². The van der Waals surface area contributed by atoms with Crippen LogP contribution >= 0.6 is 12.2 Å². The van der Waals surface area contributed by atoms with E-state index in [9.17, 15) is 4.39 Å². The summed E-state index contributed by atoms with van der Waals surface area (Å²) in [5.41, 5.74) is 4.83. The summed E-state index contributed by atoms with van der Waals surface area (Å²) < 4.78 is 14.0. The molecule has 0 aliphatic rings. The lowest BCUT2D eigenvalue weighted by molar-refractivity contribution is 0.617. The van der Waals surface area contributed by atoms with E-state index in [0.717, 1.165) is 29.5 Å². The molecule has 0 atom stereocenters. The molecule has 0 aliphatic heterocycles. The molecule has 0 aliphatic carbocycles. The zero-order chi connectivity index (χ0) is 19.1. The van der Waals surface area contributed by atoms with E-state index in [4.69, 9.17) is 0 Å². The lowest BCUT2D eigenvalue weighted by atomic mass is 10.0. The number of hydrogen-bond acceptors (Lipinski definition) is 3. The van der Waals surface area contributed by atoms with Gasteiger partial charge in [-0.1, -0.05) is 55.7 Å². The van der Waals surface area contributed by atoms with Gasteiger partial charge in [0.2, 0.25) is 0 Å². The molecule has 0 spiro atoms. The number of pyridine rings is 1. The Morgan fingerprint density at radius 2 is 1.67 bits per heavy atom. The van der Waals surface area contributed by atoms with Crippen molar-refractivity contribution in [1.29, 1.82) is 0 Å². The number of nitrogens with zero attached hydrogens (tertiary/aromatic N) is 2. The third-order valence-electron chi connectivity index (χ3n) is 4.04. The van der Waals surface area contributed by atoms with Gasteiger partial charge in [-0.2, -0.15) is 4.99 Å². The molecular weight excluding hydrogens is 355 g/mol. The molecule has 4 heteroatoms. The first-order chi connectivity index (χ1) is 13.2. The van der Waals surface area contributed by atoms with Crippen molar-refractivity contribution in [2.75, 3.05) is 0 Å². The topological polar surface area (TPSA) is 25.2 Å². The van der Waals surface area contributed by atoms with Gasteiger partial charge < -0.3 is 0 Å². The Kier molecular flexibility index (Phi) is 6.22. The molecule has 0 radical (unpaired) electrons. The molecule has 3 aromatic rings. The van der Waals surface area contributed by atoms with Crippen molar-refractivity contribution < 1.29 is 4.39 Å². The van der Waals surface area contributed by atoms with Crippen molar-refractivity contribution >= 4 is 23.1 Å². The summed E-state index contributed by atoms with van der Waals surface area (Å²) in [4.78, 5) is 7.67. The highest BCUT2D eigenvalue weighted by Crippen LogP contribution is 2.21. The van der Waals surface area contributed by atoms with E-state index in [0.29, 0.717) is 5.69 Å². The maximum absolute atomic E-state index is 14.0. The van der Waals surface area contributed by atoms with E-state index in [1.165, 1.54) is 17.8 Å². The molecule has 0 saturated heterocycles. The number of aliphatic imine (C=N–C) groups is 1. The van der Waals surface area contributed by atoms with Gasteiger partial charge in [0.05, 0.1) is 17.0 Å². The number of aromatic nitrogens is 1. The Morgan fingerprint density at radius 3 is 2.26 bits per heavy atom. The number of isothiocyanates is 1. The fourth-order valence-electron chi connectivity index (χ4n) is 2.66. The van der Waals surface area contributed by atoms with E-state index in [1.54, 1.807) is 0 Å². The maximum atomic E-state index is 14.0. The summed E-state index contributed by atoms with van der Waals surface area (Å²) in [6.45, 7) is 2.18. The molecule has 1 aromatic heterocycles. The molecule has 132 valence electrons. The van der Waals surface area contributed by atoms with E-state index >= 15 is 0 Å². The van der Waals surface area contributed by atoms with Crippen LogP contribution in [0.15, 0.2) is 65.8 Å². The Balaban J connectivity index is 1.77. The zero-order valence-electron chi connectivity index (χ0n) is 14.9. The first-order valence-electron chi connectivity index (χ1n) is 8.64. The smallest absolute Gasteiger partial charge is 0.159 e. The monoisotopic (exact) mass is 372 g/mol. The average molecular weight is 372 g/mol. The highest BCUT2D eigenvalue weighted by atomic mass is 32.1. The number of benzene rings is 2. The van der Waals surface area contributed by atoms with Crippen LogP contribution in [0.5, 0.6) is 0 Å². The predicted octanol–water partition coefficient (Wildman–Crippen LogP) is 5.97. The van der Waals surface area contributed by atoms with Crippen molar-refractivity contribution in [2.24, 2.45) is 4.99 Å². The fraction of sp³-hybridized carbons (Fsp3) is 0.130. The van der Waals surface area contributed by atoms with Crippen LogP contribution in [0.3, 0.4) is 0 Å². The summed E-state index contributed by atoms with van der Waals surface area (Å²) in [6.07, 6.45) is 3.65. The highest BCUT2D eigenvalue weighted by molar-refractivity contribution is 7.78. The molecule has 0 amide bonds. The summed E-state index contributed by atoms with van der Waals surface area (Å²) in [7, 11) is 0. The second-order valence-electron chi connectivity index (χ2n) is 6.00. The molecule has 2 nitrogen and oxygen atoms in total. The van der Waals surface area contributed by atoms with Crippen molar-refractivity contribution in [3.05, 3.63) is 83.4 Å². The third kappa shape index (κ3) is 4.95. The summed E-state index contributed by atoms with van der Waals surface area (Å²) in [6, 6.07) is 17.7. The van der Waals surface area contributed by atoms with Crippen molar-refractivity contribution in [3.8, 4) is 23.0 Å². The Labute approximate surface area is 163 Å². The first kappa shape index (κ1) is 18.7. The van der Waals surface area contributed by atoms with Crippen LogP contribution in [0.4, 0.5) is 10.1 Å². The van der Waals surface area contributed by atoms with Gasteiger partial charge in [-0.25, -0.2) is 9.37 Å². The fourth-order valence-corrected chi connectivity index (χ4v) is 2.77. The van der Waals surface area contributed by atoms with Gasteiger partial charge >= 0.3 is 0 Å². The number of rotatable bonds is 4. The van der Waals surface area contributed by atoms with Crippen LogP contribution in [-0.2, 0) is 6.42 Å². The molecule has 1 heterocycles. The number of hydrogen-bond donors (Lipinski definition) is 0. The molecule has 0 fully saturated rings. The van der Waals surface area contributed by atoms with E-state index in [1.807, 2.05) is 24.3 Å². The van der Waals surface area contributed by atoms with Crippen LogP contribution in [0.25, 0.3) is 11.1 Å². The second kappa shape index (κ2) is 9.00. The molecule has 0 bridgehead atoms. The van der Waals surface area contributed by atoms with E-state index in [2.05, 4.69) is 70.4 Å². The van der Waals surface area contributed by atoms with Crippen molar-refractivity contribution in [1.82, 2.24) is 4.98 Å². The molecule has 0 unspecified atom stereocenters. The molecule has 0 saturated carbocycles. The molecule has 3 rings (SSSR count). The quantitative estimate of drug-likeness (QED) is 0.320. The van der Waals surface area contributed by atoms with Crippen LogP contribution in [0.2, 0.25) is 0 Å². The summed E-state index contributed by atoms with van der Waals surface area (Å²) >= 11 is 4.49. The minimum atomic E-state index is -0.530. The Bertz CT molecular complexity index is 1040. The minimum absolute atomic E-state index is 0.0777. The maximum Gasteiger partial charge on any atom is 0.159 e. The number of halogens is 1. The van der Waals surface area contributed by atoms with E-state index < -0.39 is 5.82 Å². The zero-order valence-corrected chi connectivity index (χ0v) is 15.7. The molecule has 2 aromatic carbocycles. The van der Waals surface area contributed by atoms with Gasteiger partial charge in [-0.05, 0) is 53.4 Å². The lowest BCUT2D eigenvalue weighted by Crippen LogP contribution is -1.88. The summed E-state index contributed by atoms with van der Waals surface area (Å²) in [5, 5.41) is 2.18. The largest absolute Gasteiger partial charge is 0.242 e. The van der Waals surface area contributed by atoms with Gasteiger partial charge in [0.25, 0.3) is 0 Å². The van der Waals surface area contributed by atoms with Crippen LogP contribution in [-0.4, -0.2) is 10.1 Å². The van der Waals surface area contributed by atoms with Crippen molar-refractivity contribution in [3.63, 3.8) is 0 Å². The number of aryl methyl sites for hydroxylation is 1. The standard InChI is InChI=1S/C23H17FN2S/c1-2-3-17-4-9-19(10-5-17)20-11-6-18(7-12-20)8-13-23-22(24)14-21(15-25-23)26-16-27/h4-7,9-12,14-15H,2-3H2,1H3. The van der Waals surface area contributed by atoms with Crippen LogP contribution < -0.4 is 0 Å². The van der Waals surface area contributed by atoms with Gasteiger partial charge in [0, 0.05) is 11.6 Å². The predicted molar refractivity (Wildman–Crippen MR) is 111 cm³/mol. The SMILES string of the molecule is CCCc1ccc(-c2ccc(C#Cc3ncc(N=C=S)cc3F)cc2)cc1. The lowest BCUT2D eigenvalue weighted by Gasteiger charge is -2.04. The first-order valence-corrected chi connectivity index (χ1v) is 9.05. The normalized spacial score (nSPS) is 9.85. The number of thiocarbonyl (C=S) groups is 1. The van der Waals surface area contributed by atoms with E-state index in [-0.39, 0.29) is 5.69 Å². The second-order valence-corrected chi connectivity index (χ2v) is 6.18. The molecule has 27 heavy (non-hydrogen) atoms. The van der Waals surface area contributed by atoms with Gasteiger partial charge in [0.1, 0.15) is 5.69 Å². The minimum Gasteiger partial charge on any atom is -0.242 e. The van der Waals surface area contributed by atoms with Crippen molar-refractivity contribution in [2.45, 2.75) is 19.8 Å². The third-order valence-corrected chi connectivity index (χ3v) is 4.13.